The Labute approximate surface area is 168 Å². The third-order valence-electron chi connectivity index (χ3n) is 6.73. The lowest BCUT2D eigenvalue weighted by atomic mass is 9.93. The van der Waals surface area contributed by atoms with Crippen molar-refractivity contribution >= 4 is 10.9 Å². The first-order valence-corrected chi connectivity index (χ1v) is 10.1. The number of nitrogens with zero attached hydrogens (tertiary/aromatic N) is 6. The van der Waals surface area contributed by atoms with E-state index in [1.54, 1.807) is 0 Å². The standard InChI is InChI=1S/C23H20N6/c1-2-28-13-17(12-26-28)20-10-19(5-8-25-20)29-21-9-18(4-3-16(21)11-27-29)23(15-24)14-22(23)6-7-22/h3-5,8-13H,2,6-7,14H2,1H3/t23-/m0/s1. The van der Waals surface area contributed by atoms with Crippen molar-refractivity contribution < 1.29 is 0 Å². The summed E-state index contributed by atoms with van der Waals surface area (Å²) in [6.45, 7) is 2.89. The van der Waals surface area contributed by atoms with Crippen molar-refractivity contribution in [1.82, 2.24) is 24.5 Å². The molecule has 2 fully saturated rings. The summed E-state index contributed by atoms with van der Waals surface area (Å²) in [7, 11) is 0. The van der Waals surface area contributed by atoms with E-state index in [2.05, 4.69) is 46.4 Å². The number of fused-ring (bicyclic) bond motifs is 1. The molecule has 0 unspecified atom stereocenters. The van der Waals surface area contributed by atoms with Crippen LogP contribution >= 0.6 is 0 Å². The molecule has 6 nitrogen and oxygen atoms in total. The zero-order chi connectivity index (χ0) is 19.6. The molecule has 1 spiro atoms. The second-order valence-electron chi connectivity index (χ2n) is 8.29. The summed E-state index contributed by atoms with van der Waals surface area (Å²) >= 11 is 0. The molecule has 3 heterocycles. The van der Waals surface area contributed by atoms with Crippen molar-refractivity contribution in [2.75, 3.05) is 0 Å². The molecule has 0 saturated heterocycles. The smallest absolute Gasteiger partial charge is 0.0885 e. The predicted molar refractivity (Wildman–Crippen MR) is 109 cm³/mol. The van der Waals surface area contributed by atoms with Gasteiger partial charge in [-0.3, -0.25) is 9.67 Å². The molecule has 6 heteroatoms. The molecule has 1 aromatic carbocycles. The second-order valence-corrected chi connectivity index (χ2v) is 8.29. The largest absolute Gasteiger partial charge is 0.272 e. The minimum absolute atomic E-state index is 0.254. The van der Waals surface area contributed by atoms with Crippen LogP contribution in [-0.4, -0.2) is 24.5 Å². The molecule has 0 bridgehead atoms. The van der Waals surface area contributed by atoms with Crippen LogP contribution in [0.2, 0.25) is 0 Å². The van der Waals surface area contributed by atoms with Gasteiger partial charge in [-0.2, -0.15) is 15.5 Å². The van der Waals surface area contributed by atoms with Gasteiger partial charge < -0.3 is 0 Å². The molecule has 1 atom stereocenters. The average molecular weight is 380 g/mol. The van der Waals surface area contributed by atoms with E-state index >= 15 is 0 Å². The van der Waals surface area contributed by atoms with Gasteiger partial charge in [0.2, 0.25) is 0 Å². The van der Waals surface area contributed by atoms with E-state index in [9.17, 15) is 5.26 Å². The van der Waals surface area contributed by atoms with Crippen LogP contribution in [0.1, 0.15) is 31.7 Å². The summed E-state index contributed by atoms with van der Waals surface area (Å²) in [5.74, 6) is 0. The lowest BCUT2D eigenvalue weighted by Gasteiger charge is -2.10. The number of hydrogen-bond donors (Lipinski definition) is 0. The Morgan fingerprint density at radius 3 is 2.76 bits per heavy atom. The summed E-state index contributed by atoms with van der Waals surface area (Å²) in [5, 5.41) is 19.9. The van der Waals surface area contributed by atoms with E-state index in [-0.39, 0.29) is 10.8 Å². The first kappa shape index (κ1) is 16.5. The van der Waals surface area contributed by atoms with Crippen molar-refractivity contribution in [2.24, 2.45) is 5.41 Å². The van der Waals surface area contributed by atoms with Crippen LogP contribution in [-0.2, 0) is 12.0 Å². The summed E-state index contributed by atoms with van der Waals surface area (Å²) in [4.78, 5) is 4.52. The lowest BCUT2D eigenvalue weighted by Crippen LogP contribution is -2.07. The molecular formula is C23H20N6. The highest BCUT2D eigenvalue weighted by Gasteiger charge is 2.75. The minimum atomic E-state index is -0.297. The number of rotatable bonds is 4. The molecule has 2 aliphatic rings. The van der Waals surface area contributed by atoms with E-state index < -0.39 is 0 Å². The van der Waals surface area contributed by atoms with Gasteiger partial charge in [0.25, 0.3) is 0 Å². The molecule has 2 aliphatic carbocycles. The Balaban J connectivity index is 1.44. The highest BCUT2D eigenvalue weighted by atomic mass is 15.3. The number of nitriles is 1. The molecule has 0 N–H and O–H groups in total. The third-order valence-corrected chi connectivity index (χ3v) is 6.73. The van der Waals surface area contributed by atoms with Gasteiger partial charge in [-0.25, -0.2) is 4.68 Å². The first-order valence-electron chi connectivity index (χ1n) is 10.1. The fourth-order valence-corrected chi connectivity index (χ4v) is 4.72. The molecule has 0 amide bonds. The first-order chi connectivity index (χ1) is 14.2. The molecule has 0 radical (unpaired) electrons. The number of pyridine rings is 1. The number of benzene rings is 1. The van der Waals surface area contributed by atoms with Crippen LogP contribution in [0.5, 0.6) is 0 Å². The van der Waals surface area contributed by atoms with Crippen LogP contribution in [0.3, 0.4) is 0 Å². The van der Waals surface area contributed by atoms with E-state index in [1.165, 1.54) is 12.8 Å². The van der Waals surface area contributed by atoms with Crippen molar-refractivity contribution in [3.63, 3.8) is 0 Å². The van der Waals surface area contributed by atoms with Crippen molar-refractivity contribution in [3.8, 4) is 23.0 Å². The maximum atomic E-state index is 9.89. The molecular weight excluding hydrogens is 360 g/mol. The van der Waals surface area contributed by atoms with Gasteiger partial charge in [0.1, 0.15) is 0 Å². The van der Waals surface area contributed by atoms with Crippen LogP contribution in [0.15, 0.2) is 55.1 Å². The number of hydrogen-bond acceptors (Lipinski definition) is 4. The van der Waals surface area contributed by atoms with Crippen LogP contribution in [0.25, 0.3) is 27.8 Å². The Morgan fingerprint density at radius 2 is 2.03 bits per heavy atom. The molecule has 142 valence electrons. The average Bonchev–Trinajstić information content (AvgIpc) is 3.53. The van der Waals surface area contributed by atoms with E-state index in [0.29, 0.717) is 0 Å². The fourth-order valence-electron chi connectivity index (χ4n) is 4.72. The van der Waals surface area contributed by atoms with Crippen molar-refractivity contribution in [3.05, 3.63) is 60.7 Å². The van der Waals surface area contributed by atoms with Gasteiger partial charge >= 0.3 is 0 Å². The summed E-state index contributed by atoms with van der Waals surface area (Å²) < 4.78 is 3.84. The van der Waals surface area contributed by atoms with Gasteiger partial charge in [0, 0.05) is 29.9 Å². The maximum Gasteiger partial charge on any atom is 0.0885 e. The van der Waals surface area contributed by atoms with Gasteiger partial charge in [-0.1, -0.05) is 12.1 Å². The predicted octanol–water partition coefficient (Wildman–Crippen LogP) is 4.25. The summed E-state index contributed by atoms with van der Waals surface area (Å²) in [6.07, 6.45) is 10.9. The van der Waals surface area contributed by atoms with Gasteiger partial charge in [0.15, 0.2) is 0 Å². The van der Waals surface area contributed by atoms with Gasteiger partial charge in [-0.05, 0) is 55.4 Å². The van der Waals surface area contributed by atoms with Gasteiger partial charge in [0.05, 0.1) is 40.8 Å². The Kier molecular flexibility index (Phi) is 3.15. The molecule has 4 aromatic rings. The van der Waals surface area contributed by atoms with E-state index in [0.717, 1.165) is 46.4 Å². The van der Waals surface area contributed by atoms with Crippen LogP contribution in [0.4, 0.5) is 0 Å². The summed E-state index contributed by atoms with van der Waals surface area (Å²) in [6, 6.07) is 13.0. The summed E-state index contributed by atoms with van der Waals surface area (Å²) in [5.41, 5.74) is 4.93. The zero-order valence-electron chi connectivity index (χ0n) is 16.2. The normalized spacial score (nSPS) is 21.4. The van der Waals surface area contributed by atoms with Crippen molar-refractivity contribution in [1.29, 1.82) is 5.26 Å². The second kappa shape index (κ2) is 5.54. The Hall–Kier alpha value is -3.46. The molecule has 6 rings (SSSR count). The Bertz CT molecular complexity index is 1300. The lowest BCUT2D eigenvalue weighted by molar-refractivity contribution is 0.660. The topological polar surface area (TPSA) is 72.3 Å². The molecule has 3 aromatic heterocycles. The Morgan fingerprint density at radius 1 is 1.14 bits per heavy atom. The minimum Gasteiger partial charge on any atom is -0.272 e. The van der Waals surface area contributed by atoms with Crippen LogP contribution in [0, 0.1) is 16.7 Å². The fraction of sp³-hybridized carbons (Fsp3) is 0.304. The SMILES string of the molecule is CCn1cc(-c2cc(-n3ncc4ccc([C@@]5(C#N)CC56CC6)cc43)ccn2)cn1. The quantitative estimate of drug-likeness (QED) is 0.531. The number of aromatic nitrogens is 5. The van der Waals surface area contributed by atoms with E-state index in [1.807, 2.05) is 46.3 Å². The monoisotopic (exact) mass is 380 g/mol. The highest BCUT2D eigenvalue weighted by Crippen LogP contribution is 2.78. The molecule has 29 heavy (non-hydrogen) atoms. The maximum absolute atomic E-state index is 9.89. The third kappa shape index (κ3) is 2.24. The van der Waals surface area contributed by atoms with Crippen molar-refractivity contribution in [2.45, 2.75) is 38.1 Å². The van der Waals surface area contributed by atoms with Gasteiger partial charge in [-0.15, -0.1) is 0 Å². The number of aryl methyl sites for hydroxylation is 1. The zero-order valence-corrected chi connectivity index (χ0v) is 16.2. The molecule has 2 saturated carbocycles. The highest BCUT2D eigenvalue weighted by molar-refractivity contribution is 5.82. The molecule has 0 aliphatic heterocycles. The van der Waals surface area contributed by atoms with Crippen LogP contribution < -0.4 is 0 Å². The van der Waals surface area contributed by atoms with E-state index in [4.69, 9.17) is 0 Å².